The van der Waals surface area contributed by atoms with E-state index in [0.717, 1.165) is 94.4 Å². The molecule has 0 radical (unpaired) electrons. The van der Waals surface area contributed by atoms with E-state index in [1.54, 1.807) is 0 Å². The predicted molar refractivity (Wildman–Crippen MR) is 247 cm³/mol. The number of rotatable bonds is 14. The lowest BCUT2D eigenvalue weighted by Crippen LogP contribution is -2.56. The third-order valence-corrected chi connectivity index (χ3v) is 8.99. The zero-order valence-corrected chi connectivity index (χ0v) is 38.6. The summed E-state index contributed by atoms with van der Waals surface area (Å²) in [6.45, 7) is 19.9. The molecule has 0 aromatic rings. The Hall–Kier alpha value is -7.80. The summed E-state index contributed by atoms with van der Waals surface area (Å²) < 4.78 is 2.37. The van der Waals surface area contributed by atoms with Crippen molar-refractivity contribution in [3.8, 4) is 0 Å². The minimum atomic E-state index is 0.699. The van der Waals surface area contributed by atoms with Crippen LogP contribution in [0.4, 0.5) is 0 Å². The van der Waals surface area contributed by atoms with Crippen LogP contribution in [-0.2, 0) is 0 Å². The summed E-state index contributed by atoms with van der Waals surface area (Å²) in [6.07, 6.45) is 3.25. The van der Waals surface area contributed by atoms with Crippen molar-refractivity contribution in [1.29, 1.82) is 0 Å². The Morgan fingerprint density at radius 3 is 0.810 bits per heavy atom. The molecule has 0 spiro atoms. The van der Waals surface area contributed by atoms with Crippen molar-refractivity contribution in [2.24, 2.45) is 0 Å². The lowest BCUT2D eigenvalue weighted by atomic mass is 10.2. The average molecular weight is 824 g/mol. The van der Waals surface area contributed by atoms with Gasteiger partial charge in [-0.05, 0) is 174 Å². The first-order valence-corrected chi connectivity index (χ1v) is 20.1. The van der Waals surface area contributed by atoms with Crippen molar-refractivity contribution in [2.45, 2.75) is 33.1 Å². The van der Waals surface area contributed by atoms with Gasteiger partial charge in [0.15, 0.2) is 11.4 Å². The van der Waals surface area contributed by atoms with Crippen LogP contribution in [0.2, 0.25) is 0 Å². The molecule has 1 heterocycles. The van der Waals surface area contributed by atoms with Crippen molar-refractivity contribution in [3.63, 3.8) is 0 Å². The second-order valence-corrected chi connectivity index (χ2v) is 15.8. The van der Waals surface area contributed by atoms with Gasteiger partial charge in [-0.2, -0.15) is 0 Å². The van der Waals surface area contributed by atoms with Gasteiger partial charge in [-0.1, -0.05) is 11.5 Å². The predicted octanol–water partition coefficient (Wildman–Crippen LogP) is 7.84. The highest BCUT2D eigenvalue weighted by Gasteiger charge is 2.26. The van der Waals surface area contributed by atoms with E-state index >= 15 is 0 Å². The molecule has 6 nitrogen and oxygen atoms in total. The molecule has 1 fully saturated rings. The van der Waals surface area contributed by atoms with Crippen molar-refractivity contribution in [1.82, 2.24) is 14.7 Å². The molecule has 6 heteroatoms. The Labute approximate surface area is 376 Å². The first-order valence-electron chi connectivity index (χ1n) is 20.1. The molecule has 0 aliphatic carbocycles. The molecule has 0 bridgehead atoms. The zero-order chi connectivity index (χ0) is 46.5. The van der Waals surface area contributed by atoms with Gasteiger partial charge in [0.2, 0.25) is 0 Å². The van der Waals surface area contributed by atoms with Gasteiger partial charge in [0, 0.05) is 64.2 Å². The molecular weight excluding hydrogens is 769 g/mol. The molecule has 0 atom stereocenters. The fraction of sp³-hybridized carbons (Fsp3) is 0.368. The van der Waals surface area contributed by atoms with Crippen LogP contribution in [0.1, 0.15) is 33.1 Å². The van der Waals surface area contributed by atoms with Crippen LogP contribution in [0.25, 0.3) is 0 Å². The summed E-state index contributed by atoms with van der Waals surface area (Å²) in [7, 11) is 15.6. The van der Waals surface area contributed by atoms with Crippen LogP contribution in [-0.4, -0.2) is 137 Å². The van der Waals surface area contributed by atoms with Crippen molar-refractivity contribution in [2.75, 3.05) is 109 Å². The summed E-state index contributed by atoms with van der Waals surface area (Å²) in [4.78, 5) is 7.76. The van der Waals surface area contributed by atoms with E-state index in [1.807, 2.05) is 0 Å². The Kier molecular flexibility index (Phi) is 27.1. The van der Waals surface area contributed by atoms with Gasteiger partial charge in [-0.3, -0.25) is 23.7 Å². The molecule has 1 saturated heterocycles. The van der Waals surface area contributed by atoms with Crippen molar-refractivity contribution < 1.29 is 13.4 Å². The number of allylic oxidation sites excluding steroid dienone is 2. The highest BCUT2D eigenvalue weighted by molar-refractivity contribution is 4.96. The van der Waals surface area contributed by atoms with E-state index in [-0.39, 0.29) is 0 Å². The largest absolute Gasteiger partial charge is 0.331 e. The average Bonchev–Trinajstić information content (AvgIpc) is 3.22. The number of hydrogen-bond donors (Lipinski definition) is 0. The molecule has 1 aliphatic heterocycles. The molecule has 0 amide bonds. The van der Waals surface area contributed by atoms with Gasteiger partial charge in [0.25, 0.3) is 0 Å². The maximum atomic E-state index is 3.36. The zero-order valence-electron chi connectivity index (χ0n) is 38.6. The van der Waals surface area contributed by atoms with Crippen LogP contribution in [0, 0.1) is 0 Å². The van der Waals surface area contributed by atoms with E-state index < -0.39 is 0 Å². The molecule has 0 N–H and O–H groups in total. The molecule has 63 heavy (non-hydrogen) atoms. The standard InChI is InChI=1S/C57H55N6/c1-12-14-16-18-20-22-24-26-28-30-32-34-36-38-40-45-56(3)62(8,9)51-43-48-59-53-58(47-42-50-61(5,6)7)54-60(55-59)49-44-52-63(10,11)57(4)46-41-39-37-35-33-31-29-27-25-23-21-19-17-15-13-2/h1-2,42-44,47-55H2,3-11H3/q+3. The van der Waals surface area contributed by atoms with Crippen LogP contribution in [0.5, 0.6) is 0 Å². The summed E-state index contributed by atoms with van der Waals surface area (Å²) in [5.74, 6) is 0. The lowest BCUT2D eigenvalue weighted by Gasteiger charge is -2.43. The molecule has 0 unspecified atom stereocenters. The summed E-state index contributed by atoms with van der Waals surface area (Å²) in [6, 6.07) is 0. The van der Waals surface area contributed by atoms with Crippen molar-refractivity contribution >= 4 is 0 Å². The molecule has 0 saturated carbocycles. The fourth-order valence-corrected chi connectivity index (χ4v) is 5.27. The normalized spacial score (nSPS) is 10.8. The maximum Gasteiger partial charge on any atom is 0.157 e. The molecule has 1 rings (SSSR count). The Morgan fingerprint density at radius 1 is 0.349 bits per heavy atom. The van der Waals surface area contributed by atoms with E-state index in [1.165, 1.54) is 0 Å². The maximum absolute atomic E-state index is 3.36. The first kappa shape index (κ1) is 53.2. The molecule has 0 aromatic carbocycles. The van der Waals surface area contributed by atoms with Gasteiger partial charge in [-0.15, -0.1) is 0 Å². The molecular formula is C57H55N6+3. The Balaban J connectivity index is 3.11. The topological polar surface area (TPSA) is 9.72 Å². The lowest BCUT2D eigenvalue weighted by molar-refractivity contribution is -0.870. The number of quaternary nitrogens is 3. The molecule has 0 aromatic heterocycles. The van der Waals surface area contributed by atoms with Crippen LogP contribution >= 0.6 is 0 Å². The second kappa shape index (κ2) is 32.0. The highest BCUT2D eigenvalue weighted by Crippen LogP contribution is 2.15. The molecule has 1 aliphatic rings. The van der Waals surface area contributed by atoms with Crippen LogP contribution in [0.3, 0.4) is 0 Å². The highest BCUT2D eigenvalue weighted by atomic mass is 15.5. The van der Waals surface area contributed by atoms with Crippen molar-refractivity contribution in [3.05, 3.63) is 208 Å². The van der Waals surface area contributed by atoms with E-state index in [0.29, 0.717) is 8.97 Å². The summed E-state index contributed by atoms with van der Waals surface area (Å²) in [5, 5.41) is 0. The molecule has 310 valence electrons. The SMILES string of the molecule is C=C=C=C=C=C=C=C=C=C=C=C=C=C=C=C=C=C(C)[N+](C)(C)CCCN1CN(CCC[N+](C)(C)C)CN(CCC[N+](C)(C)C(C)=C=C=C=C=C=C=C=C=C=C=C=C=C=C=C=C=C)C1. The minimum absolute atomic E-state index is 0.699. The quantitative estimate of drug-likeness (QED) is 0.131. The van der Waals surface area contributed by atoms with Gasteiger partial charge >= 0.3 is 0 Å². The van der Waals surface area contributed by atoms with Crippen LogP contribution in [0.15, 0.2) is 208 Å². The number of nitrogens with zero attached hydrogens (tertiary/aromatic N) is 6. The van der Waals surface area contributed by atoms with E-state index in [4.69, 9.17) is 0 Å². The second-order valence-electron chi connectivity index (χ2n) is 15.8. The monoisotopic (exact) mass is 823 g/mol. The minimum Gasteiger partial charge on any atom is -0.331 e. The third kappa shape index (κ3) is 29.1. The smallest absolute Gasteiger partial charge is 0.157 e. The Morgan fingerprint density at radius 2 is 0.571 bits per heavy atom. The van der Waals surface area contributed by atoms with E-state index in [2.05, 4.69) is 274 Å². The van der Waals surface area contributed by atoms with Gasteiger partial charge in [0.05, 0.1) is 89.0 Å². The first-order chi connectivity index (χ1) is 30.2. The van der Waals surface area contributed by atoms with Crippen LogP contribution < -0.4 is 0 Å². The van der Waals surface area contributed by atoms with Gasteiger partial charge < -0.3 is 4.48 Å². The van der Waals surface area contributed by atoms with Gasteiger partial charge in [0.1, 0.15) is 0 Å². The third-order valence-electron chi connectivity index (χ3n) is 8.99. The Bertz CT molecular complexity index is 2810. The fourth-order valence-electron chi connectivity index (χ4n) is 5.27. The summed E-state index contributed by atoms with van der Waals surface area (Å²) >= 11 is 0. The number of hydrogen-bond acceptors (Lipinski definition) is 3. The van der Waals surface area contributed by atoms with Gasteiger partial charge in [-0.25, -0.2) is 0 Å². The summed E-state index contributed by atoms with van der Waals surface area (Å²) in [5.41, 5.74) is 87.0. The van der Waals surface area contributed by atoms with E-state index in [9.17, 15) is 0 Å².